The lowest BCUT2D eigenvalue weighted by atomic mass is 9.97. The van der Waals surface area contributed by atoms with Gasteiger partial charge in [-0.3, -0.25) is 14.6 Å². The first kappa shape index (κ1) is 21.3. The number of piperidine rings is 1. The molecule has 30 heavy (non-hydrogen) atoms. The average Bonchev–Trinajstić information content (AvgIpc) is 2.78. The summed E-state index contributed by atoms with van der Waals surface area (Å²) in [4.78, 5) is 30.6. The van der Waals surface area contributed by atoms with Gasteiger partial charge >= 0.3 is 0 Å². The number of phenolic OH excluding ortho intramolecular Hbond substituents is 1. The van der Waals surface area contributed by atoms with Crippen LogP contribution in [0.5, 0.6) is 11.5 Å². The molecule has 7 nitrogen and oxygen atoms in total. The summed E-state index contributed by atoms with van der Waals surface area (Å²) in [5.74, 6) is 0.162. The van der Waals surface area contributed by atoms with Gasteiger partial charge in [-0.05, 0) is 43.5 Å². The fraction of sp³-hybridized carbons (Fsp3) is 0.391. The van der Waals surface area contributed by atoms with Crippen LogP contribution in [0.3, 0.4) is 0 Å². The molecule has 1 N–H and O–H groups in total. The second-order valence-corrected chi connectivity index (χ2v) is 7.25. The van der Waals surface area contributed by atoms with E-state index >= 15 is 0 Å². The van der Waals surface area contributed by atoms with Crippen molar-refractivity contribution in [2.24, 2.45) is 0 Å². The molecular weight excluding hydrogens is 382 g/mol. The molecule has 7 heteroatoms. The highest BCUT2D eigenvalue weighted by Crippen LogP contribution is 2.27. The van der Waals surface area contributed by atoms with Gasteiger partial charge < -0.3 is 14.7 Å². The lowest BCUT2D eigenvalue weighted by molar-refractivity contribution is 0.0579. The van der Waals surface area contributed by atoms with Crippen molar-refractivity contribution in [3.05, 3.63) is 53.3 Å². The van der Waals surface area contributed by atoms with Crippen LogP contribution in [0, 0.1) is 11.3 Å². The minimum Gasteiger partial charge on any atom is -0.507 e. The fourth-order valence-electron chi connectivity index (χ4n) is 3.81. The number of phenols is 1. The number of aromatic hydroxyl groups is 1. The van der Waals surface area contributed by atoms with E-state index in [4.69, 9.17) is 10.00 Å². The zero-order valence-corrected chi connectivity index (χ0v) is 16.8. The maximum atomic E-state index is 13.3. The van der Waals surface area contributed by atoms with Crippen molar-refractivity contribution in [1.29, 1.82) is 5.26 Å². The zero-order chi connectivity index (χ0) is 21.3. The minimum atomic E-state index is -0.113. The summed E-state index contributed by atoms with van der Waals surface area (Å²) in [5, 5.41) is 18.6. The second kappa shape index (κ2) is 10.4. The van der Waals surface area contributed by atoms with Gasteiger partial charge in [-0.2, -0.15) is 5.26 Å². The predicted molar refractivity (Wildman–Crippen MR) is 110 cm³/mol. The highest BCUT2D eigenvalue weighted by molar-refractivity contribution is 5.95. The molecule has 1 aromatic heterocycles. The quantitative estimate of drug-likeness (QED) is 0.672. The first-order valence-electron chi connectivity index (χ1n) is 10.2. The fourth-order valence-corrected chi connectivity index (χ4v) is 3.81. The number of aromatic nitrogens is 1. The molecule has 0 spiro atoms. The number of aldehydes is 1. The molecule has 1 fully saturated rings. The summed E-state index contributed by atoms with van der Waals surface area (Å²) in [6, 6.07) is 10.3. The van der Waals surface area contributed by atoms with E-state index in [0.717, 1.165) is 19.3 Å². The normalized spacial score (nSPS) is 16.0. The largest absolute Gasteiger partial charge is 0.507 e. The van der Waals surface area contributed by atoms with Crippen molar-refractivity contribution in [3.8, 4) is 17.6 Å². The van der Waals surface area contributed by atoms with Crippen LogP contribution >= 0.6 is 0 Å². The van der Waals surface area contributed by atoms with Gasteiger partial charge in [0, 0.05) is 38.0 Å². The van der Waals surface area contributed by atoms with Gasteiger partial charge in [-0.25, -0.2) is 0 Å². The molecule has 1 aliphatic heterocycles. The Morgan fingerprint density at radius 3 is 3.00 bits per heavy atom. The molecule has 1 aliphatic rings. The molecule has 0 saturated carbocycles. The van der Waals surface area contributed by atoms with Gasteiger partial charge in [0.2, 0.25) is 0 Å². The SMILES string of the molecule is N#CCCc1ncccc1C(=O)N1CCCC[C@H]1CCOc1cccc(O)c1C=O. The number of aryl methyl sites for hydroxylation is 1. The van der Waals surface area contributed by atoms with E-state index in [1.807, 2.05) is 4.90 Å². The molecule has 2 aromatic rings. The molecule has 3 rings (SSSR count). The second-order valence-electron chi connectivity index (χ2n) is 7.25. The molecule has 0 aliphatic carbocycles. The van der Waals surface area contributed by atoms with Crippen LogP contribution in [0.1, 0.15) is 58.5 Å². The van der Waals surface area contributed by atoms with Crippen LogP contribution in [-0.4, -0.2) is 46.4 Å². The summed E-state index contributed by atoms with van der Waals surface area (Å²) in [5.41, 5.74) is 1.34. The standard InChI is InChI=1S/C23H25N3O4/c24-12-4-8-20-18(7-5-13-25-20)23(29)26-14-2-1-6-17(26)11-15-30-22-10-3-9-21(28)19(22)16-27/h3,5,7,9-10,13,16-17,28H,1-2,4,6,8,11,14-15H2/t17-/m0/s1. The highest BCUT2D eigenvalue weighted by atomic mass is 16.5. The zero-order valence-electron chi connectivity index (χ0n) is 16.8. The molecule has 1 atom stereocenters. The van der Waals surface area contributed by atoms with Crippen LogP contribution in [0.15, 0.2) is 36.5 Å². The first-order chi connectivity index (χ1) is 14.7. The number of carbonyl (C=O) groups is 2. The third kappa shape index (κ3) is 4.95. The van der Waals surface area contributed by atoms with Crippen LogP contribution < -0.4 is 4.74 Å². The Morgan fingerprint density at radius 2 is 2.20 bits per heavy atom. The van der Waals surface area contributed by atoms with E-state index in [0.29, 0.717) is 55.7 Å². The summed E-state index contributed by atoms with van der Waals surface area (Å²) in [6.45, 7) is 0.995. The number of ether oxygens (including phenoxy) is 1. The van der Waals surface area contributed by atoms with E-state index in [2.05, 4.69) is 11.1 Å². The van der Waals surface area contributed by atoms with Crippen molar-refractivity contribution >= 4 is 12.2 Å². The van der Waals surface area contributed by atoms with Crippen molar-refractivity contribution in [1.82, 2.24) is 9.88 Å². The van der Waals surface area contributed by atoms with Crippen LogP contribution in [0.4, 0.5) is 0 Å². The van der Waals surface area contributed by atoms with E-state index in [-0.39, 0.29) is 23.3 Å². The van der Waals surface area contributed by atoms with Crippen molar-refractivity contribution in [2.75, 3.05) is 13.2 Å². The smallest absolute Gasteiger partial charge is 0.255 e. The number of benzene rings is 1. The maximum absolute atomic E-state index is 13.3. The van der Waals surface area contributed by atoms with Gasteiger partial charge in [0.05, 0.1) is 29.5 Å². The van der Waals surface area contributed by atoms with Crippen LogP contribution in [0.25, 0.3) is 0 Å². The summed E-state index contributed by atoms with van der Waals surface area (Å²) in [6.07, 6.45) is 6.46. The number of amides is 1. The van der Waals surface area contributed by atoms with Gasteiger partial charge in [-0.15, -0.1) is 0 Å². The van der Waals surface area contributed by atoms with E-state index in [1.165, 1.54) is 6.07 Å². The van der Waals surface area contributed by atoms with E-state index in [9.17, 15) is 14.7 Å². The number of nitriles is 1. The molecule has 1 saturated heterocycles. The molecule has 0 radical (unpaired) electrons. The molecule has 0 unspecified atom stereocenters. The van der Waals surface area contributed by atoms with Gasteiger partial charge in [-0.1, -0.05) is 6.07 Å². The Morgan fingerprint density at radius 1 is 1.33 bits per heavy atom. The summed E-state index contributed by atoms with van der Waals surface area (Å²) < 4.78 is 5.74. The maximum Gasteiger partial charge on any atom is 0.255 e. The highest BCUT2D eigenvalue weighted by Gasteiger charge is 2.29. The Bertz CT molecular complexity index is 938. The molecule has 1 amide bonds. The van der Waals surface area contributed by atoms with Crippen molar-refractivity contribution in [2.45, 2.75) is 44.6 Å². The Labute approximate surface area is 175 Å². The Kier molecular flexibility index (Phi) is 7.39. The van der Waals surface area contributed by atoms with Gasteiger partial charge in [0.15, 0.2) is 6.29 Å². The van der Waals surface area contributed by atoms with E-state index in [1.54, 1.807) is 30.5 Å². The molecule has 0 bridgehead atoms. The molecule has 1 aromatic carbocycles. The first-order valence-corrected chi connectivity index (χ1v) is 10.2. The van der Waals surface area contributed by atoms with Crippen molar-refractivity contribution < 1.29 is 19.4 Å². The summed E-state index contributed by atoms with van der Waals surface area (Å²) in [7, 11) is 0. The van der Waals surface area contributed by atoms with Crippen molar-refractivity contribution in [3.63, 3.8) is 0 Å². The average molecular weight is 407 g/mol. The third-order valence-corrected chi connectivity index (χ3v) is 5.35. The van der Waals surface area contributed by atoms with E-state index < -0.39 is 0 Å². The predicted octanol–water partition coefficient (Wildman–Crippen LogP) is 3.52. The Balaban J connectivity index is 1.69. The number of carbonyl (C=O) groups excluding carboxylic acids is 2. The number of pyridine rings is 1. The summed E-state index contributed by atoms with van der Waals surface area (Å²) >= 11 is 0. The van der Waals surface area contributed by atoms with Crippen LogP contribution in [0.2, 0.25) is 0 Å². The number of nitrogens with zero attached hydrogens (tertiary/aromatic N) is 3. The number of rotatable bonds is 8. The molecular formula is C23H25N3O4. The molecule has 2 heterocycles. The minimum absolute atomic E-state index is 0.0206. The number of likely N-dealkylation sites (tertiary alicyclic amines) is 1. The molecule has 156 valence electrons. The monoisotopic (exact) mass is 407 g/mol. The lowest BCUT2D eigenvalue weighted by Gasteiger charge is -2.36. The van der Waals surface area contributed by atoms with Crippen LogP contribution in [-0.2, 0) is 6.42 Å². The number of hydrogen-bond acceptors (Lipinski definition) is 6. The topological polar surface area (TPSA) is 104 Å². The van der Waals surface area contributed by atoms with Gasteiger partial charge in [0.1, 0.15) is 11.5 Å². The lowest BCUT2D eigenvalue weighted by Crippen LogP contribution is -2.44. The Hall–Kier alpha value is -3.40. The number of hydrogen-bond donors (Lipinski definition) is 1. The third-order valence-electron chi connectivity index (χ3n) is 5.35. The van der Waals surface area contributed by atoms with Gasteiger partial charge in [0.25, 0.3) is 5.91 Å².